The molecule has 84 valence electrons. The minimum Gasteiger partial charge on any atom is -0.466 e. The summed E-state index contributed by atoms with van der Waals surface area (Å²) in [7, 11) is 0. The molecular formula is C12H20N2O. The van der Waals surface area contributed by atoms with E-state index in [1.54, 1.807) is 0 Å². The van der Waals surface area contributed by atoms with Crippen LogP contribution in [0.25, 0.3) is 0 Å². The Bertz CT molecular complexity index is 302. The van der Waals surface area contributed by atoms with Gasteiger partial charge in [0.25, 0.3) is 0 Å². The lowest BCUT2D eigenvalue weighted by Gasteiger charge is -2.20. The summed E-state index contributed by atoms with van der Waals surface area (Å²) >= 11 is 0. The largest absolute Gasteiger partial charge is 0.466 e. The van der Waals surface area contributed by atoms with Gasteiger partial charge in [0.2, 0.25) is 0 Å². The van der Waals surface area contributed by atoms with E-state index in [-0.39, 0.29) is 0 Å². The van der Waals surface area contributed by atoms with Crippen LogP contribution in [-0.2, 0) is 0 Å². The molecular weight excluding hydrogens is 188 g/mol. The maximum absolute atomic E-state index is 5.81. The molecule has 0 radical (unpaired) electrons. The van der Waals surface area contributed by atoms with Gasteiger partial charge in [-0.15, -0.1) is 0 Å². The third kappa shape index (κ3) is 2.61. The number of aryl methyl sites for hydroxylation is 1. The van der Waals surface area contributed by atoms with Crippen LogP contribution in [0.4, 0.5) is 0 Å². The zero-order chi connectivity index (χ0) is 10.7. The highest BCUT2D eigenvalue weighted by Crippen LogP contribution is 2.20. The SMILES string of the molecule is Cc1ccc(C(CN)CN2CCCC2)o1. The first kappa shape index (κ1) is 10.7. The Labute approximate surface area is 91.2 Å². The summed E-state index contributed by atoms with van der Waals surface area (Å²) in [5, 5.41) is 0. The van der Waals surface area contributed by atoms with Gasteiger partial charge in [-0.3, -0.25) is 0 Å². The first-order valence-corrected chi connectivity index (χ1v) is 5.78. The Kier molecular flexibility index (Phi) is 3.44. The average Bonchev–Trinajstić information content (AvgIpc) is 2.85. The van der Waals surface area contributed by atoms with Gasteiger partial charge in [0.05, 0.1) is 0 Å². The van der Waals surface area contributed by atoms with E-state index in [0.717, 1.165) is 18.1 Å². The molecule has 3 nitrogen and oxygen atoms in total. The molecule has 2 heterocycles. The third-order valence-corrected chi connectivity index (χ3v) is 3.13. The van der Waals surface area contributed by atoms with Crippen LogP contribution in [0.5, 0.6) is 0 Å². The molecule has 1 saturated heterocycles. The molecule has 1 aromatic heterocycles. The molecule has 1 fully saturated rings. The number of hydrogen-bond donors (Lipinski definition) is 1. The first-order chi connectivity index (χ1) is 7.29. The number of rotatable bonds is 4. The molecule has 1 aliphatic rings. The van der Waals surface area contributed by atoms with Crippen LogP contribution in [0.1, 0.15) is 30.3 Å². The smallest absolute Gasteiger partial charge is 0.109 e. The van der Waals surface area contributed by atoms with Gasteiger partial charge in [-0.05, 0) is 45.0 Å². The zero-order valence-corrected chi connectivity index (χ0v) is 9.41. The van der Waals surface area contributed by atoms with Crippen molar-refractivity contribution in [2.45, 2.75) is 25.7 Å². The highest BCUT2D eigenvalue weighted by molar-refractivity contribution is 5.11. The number of nitrogens with zero attached hydrogens (tertiary/aromatic N) is 1. The van der Waals surface area contributed by atoms with Crippen LogP contribution < -0.4 is 5.73 Å². The molecule has 1 atom stereocenters. The summed E-state index contributed by atoms with van der Waals surface area (Å²) in [6.07, 6.45) is 2.66. The minimum absolute atomic E-state index is 0.358. The lowest BCUT2D eigenvalue weighted by Crippen LogP contribution is -2.29. The summed E-state index contributed by atoms with van der Waals surface area (Å²) in [6, 6.07) is 4.07. The molecule has 0 bridgehead atoms. The number of likely N-dealkylation sites (tertiary alicyclic amines) is 1. The number of furan rings is 1. The summed E-state index contributed by atoms with van der Waals surface area (Å²) in [5.74, 6) is 2.38. The maximum atomic E-state index is 5.81. The van der Waals surface area contributed by atoms with Crippen LogP contribution in [0.2, 0.25) is 0 Å². The highest BCUT2D eigenvalue weighted by Gasteiger charge is 2.19. The first-order valence-electron chi connectivity index (χ1n) is 5.78. The second-order valence-electron chi connectivity index (χ2n) is 4.39. The van der Waals surface area contributed by atoms with Gasteiger partial charge in [-0.25, -0.2) is 0 Å². The summed E-state index contributed by atoms with van der Waals surface area (Å²) in [5.41, 5.74) is 5.81. The Morgan fingerprint density at radius 3 is 2.67 bits per heavy atom. The average molecular weight is 208 g/mol. The minimum atomic E-state index is 0.358. The van der Waals surface area contributed by atoms with E-state index in [2.05, 4.69) is 11.0 Å². The van der Waals surface area contributed by atoms with E-state index in [0.29, 0.717) is 12.5 Å². The zero-order valence-electron chi connectivity index (χ0n) is 9.41. The Morgan fingerprint density at radius 1 is 1.40 bits per heavy atom. The maximum Gasteiger partial charge on any atom is 0.109 e. The Balaban J connectivity index is 1.97. The number of nitrogens with two attached hydrogens (primary N) is 1. The molecule has 2 rings (SSSR count). The molecule has 3 heteroatoms. The molecule has 0 aliphatic carbocycles. The monoisotopic (exact) mass is 208 g/mol. The van der Waals surface area contributed by atoms with Crippen molar-refractivity contribution >= 4 is 0 Å². The van der Waals surface area contributed by atoms with Crippen LogP contribution in [0.15, 0.2) is 16.5 Å². The third-order valence-electron chi connectivity index (χ3n) is 3.13. The fraction of sp³-hybridized carbons (Fsp3) is 0.667. The van der Waals surface area contributed by atoms with Gasteiger partial charge in [0, 0.05) is 19.0 Å². The topological polar surface area (TPSA) is 42.4 Å². The van der Waals surface area contributed by atoms with Gasteiger partial charge in [0.1, 0.15) is 11.5 Å². The van der Waals surface area contributed by atoms with E-state index in [1.165, 1.54) is 25.9 Å². The van der Waals surface area contributed by atoms with Crippen LogP contribution >= 0.6 is 0 Å². The van der Waals surface area contributed by atoms with Gasteiger partial charge < -0.3 is 15.1 Å². The molecule has 0 saturated carbocycles. The van der Waals surface area contributed by atoms with Crippen LogP contribution in [0, 0.1) is 6.92 Å². The second kappa shape index (κ2) is 4.81. The standard InChI is InChI=1S/C12H20N2O/c1-10-4-5-12(15-10)11(8-13)9-14-6-2-3-7-14/h4-5,11H,2-3,6-9,13H2,1H3. The number of hydrogen-bond acceptors (Lipinski definition) is 3. The lowest BCUT2D eigenvalue weighted by atomic mass is 10.1. The van der Waals surface area contributed by atoms with E-state index < -0.39 is 0 Å². The van der Waals surface area contributed by atoms with Crippen molar-refractivity contribution in [3.63, 3.8) is 0 Å². The van der Waals surface area contributed by atoms with Crippen molar-refractivity contribution in [2.24, 2.45) is 5.73 Å². The van der Waals surface area contributed by atoms with E-state index in [9.17, 15) is 0 Å². The summed E-state index contributed by atoms with van der Waals surface area (Å²) in [6.45, 7) is 6.13. The van der Waals surface area contributed by atoms with E-state index >= 15 is 0 Å². The normalized spacial score (nSPS) is 19.6. The molecule has 0 aromatic carbocycles. The highest BCUT2D eigenvalue weighted by atomic mass is 16.3. The summed E-state index contributed by atoms with van der Waals surface area (Å²) < 4.78 is 5.64. The van der Waals surface area contributed by atoms with Gasteiger partial charge in [0.15, 0.2) is 0 Å². The molecule has 0 amide bonds. The quantitative estimate of drug-likeness (QED) is 0.819. The second-order valence-corrected chi connectivity index (χ2v) is 4.39. The van der Waals surface area contributed by atoms with E-state index in [1.807, 2.05) is 13.0 Å². The van der Waals surface area contributed by atoms with Crippen molar-refractivity contribution < 1.29 is 4.42 Å². The molecule has 0 spiro atoms. The van der Waals surface area contributed by atoms with Crippen molar-refractivity contribution in [2.75, 3.05) is 26.2 Å². The molecule has 1 unspecified atom stereocenters. The molecule has 1 aromatic rings. The predicted octanol–water partition coefficient (Wildman–Crippen LogP) is 1.73. The Morgan fingerprint density at radius 2 is 2.13 bits per heavy atom. The van der Waals surface area contributed by atoms with Crippen molar-refractivity contribution in [1.29, 1.82) is 0 Å². The van der Waals surface area contributed by atoms with Gasteiger partial charge in [-0.2, -0.15) is 0 Å². The molecule has 15 heavy (non-hydrogen) atoms. The fourth-order valence-corrected chi connectivity index (χ4v) is 2.23. The van der Waals surface area contributed by atoms with Crippen molar-refractivity contribution in [3.8, 4) is 0 Å². The van der Waals surface area contributed by atoms with Crippen LogP contribution in [0.3, 0.4) is 0 Å². The van der Waals surface area contributed by atoms with Crippen molar-refractivity contribution in [3.05, 3.63) is 23.7 Å². The van der Waals surface area contributed by atoms with Crippen molar-refractivity contribution in [1.82, 2.24) is 4.90 Å². The fourth-order valence-electron chi connectivity index (χ4n) is 2.23. The van der Waals surface area contributed by atoms with Gasteiger partial charge in [-0.1, -0.05) is 0 Å². The molecule has 2 N–H and O–H groups in total. The summed E-state index contributed by atoms with van der Waals surface area (Å²) in [4.78, 5) is 2.48. The van der Waals surface area contributed by atoms with Crippen LogP contribution in [-0.4, -0.2) is 31.1 Å². The predicted molar refractivity (Wildman–Crippen MR) is 60.9 cm³/mol. The van der Waals surface area contributed by atoms with Gasteiger partial charge >= 0.3 is 0 Å². The van der Waals surface area contributed by atoms with E-state index in [4.69, 9.17) is 10.2 Å². The molecule has 1 aliphatic heterocycles. The Hall–Kier alpha value is -0.800. The lowest BCUT2D eigenvalue weighted by molar-refractivity contribution is 0.295.